The number of hydrazine groups is 1. The van der Waals surface area contributed by atoms with Crippen molar-refractivity contribution in [2.45, 2.75) is 4.90 Å². The highest BCUT2D eigenvalue weighted by molar-refractivity contribution is 7.89. The average molecular weight is 473 g/mol. The molecule has 0 atom stereocenters. The molecule has 0 spiro atoms. The minimum atomic E-state index is -4.24. The van der Waals surface area contributed by atoms with Crippen molar-refractivity contribution in [2.75, 3.05) is 7.11 Å². The van der Waals surface area contributed by atoms with E-state index in [1.807, 2.05) is 10.3 Å². The van der Waals surface area contributed by atoms with Gasteiger partial charge >= 0.3 is 0 Å². The first-order valence-corrected chi connectivity index (χ1v) is 10.5. The van der Waals surface area contributed by atoms with Gasteiger partial charge in [-0.2, -0.15) is 0 Å². The summed E-state index contributed by atoms with van der Waals surface area (Å²) < 4.78 is 46.1. The highest BCUT2D eigenvalue weighted by Gasteiger charge is 2.23. The molecule has 158 valence electrons. The van der Waals surface area contributed by atoms with Crippen molar-refractivity contribution in [3.63, 3.8) is 0 Å². The van der Waals surface area contributed by atoms with Crippen molar-refractivity contribution in [3.05, 3.63) is 64.3 Å². The molecule has 0 unspecified atom stereocenters. The van der Waals surface area contributed by atoms with Gasteiger partial charge in [0.2, 0.25) is 0 Å². The zero-order chi connectivity index (χ0) is 22.1. The summed E-state index contributed by atoms with van der Waals surface area (Å²) in [5, 5.41) is -0.0524. The third-order valence-electron chi connectivity index (χ3n) is 3.99. The summed E-state index contributed by atoms with van der Waals surface area (Å²) in [6.45, 7) is 0. The number of amides is 1. The van der Waals surface area contributed by atoms with E-state index in [1.54, 1.807) is 17.8 Å². The number of hydrogen-bond donors (Lipinski definition) is 2. The second-order valence-electron chi connectivity index (χ2n) is 6.10. The summed E-state index contributed by atoms with van der Waals surface area (Å²) in [4.78, 5) is 18.2. The maximum absolute atomic E-state index is 14.4. The van der Waals surface area contributed by atoms with Crippen LogP contribution in [0.3, 0.4) is 0 Å². The molecule has 0 radical (unpaired) electrons. The van der Waals surface area contributed by atoms with Crippen LogP contribution < -0.4 is 15.0 Å². The third kappa shape index (κ3) is 4.57. The highest BCUT2D eigenvalue weighted by Crippen LogP contribution is 2.28. The Kier molecular flexibility index (Phi) is 6.32. The monoisotopic (exact) mass is 472 g/mol. The molecule has 1 heterocycles. The van der Waals surface area contributed by atoms with Gasteiger partial charge in [0.15, 0.2) is 5.82 Å². The zero-order valence-corrected chi connectivity index (χ0v) is 17.9. The highest BCUT2D eigenvalue weighted by atomic mass is 35.5. The summed E-state index contributed by atoms with van der Waals surface area (Å²) in [6, 6.07) is 6.38. The Morgan fingerprint density at radius 2 is 1.97 bits per heavy atom. The number of aromatic nitrogens is 2. The first-order chi connectivity index (χ1) is 14.1. The predicted octanol–water partition coefficient (Wildman–Crippen LogP) is 3.16. The molecular formula is C18H15Cl2FN4O4S. The van der Waals surface area contributed by atoms with Crippen LogP contribution in [0, 0.1) is 5.82 Å². The molecule has 0 aliphatic carbocycles. The molecule has 0 saturated heterocycles. The fourth-order valence-electron chi connectivity index (χ4n) is 2.56. The maximum Gasteiger partial charge on any atom is 0.269 e. The lowest BCUT2D eigenvalue weighted by Crippen LogP contribution is -2.42. The second-order valence-corrected chi connectivity index (χ2v) is 8.59. The number of hydrogen-bond acceptors (Lipinski definition) is 5. The number of imidazole rings is 1. The largest absolute Gasteiger partial charge is 0.495 e. The van der Waals surface area contributed by atoms with Gasteiger partial charge in [-0.25, -0.2) is 17.8 Å². The maximum atomic E-state index is 14.4. The van der Waals surface area contributed by atoms with Gasteiger partial charge in [0.05, 0.1) is 29.7 Å². The molecule has 3 rings (SSSR count). The number of benzene rings is 2. The smallest absolute Gasteiger partial charge is 0.269 e. The molecule has 2 aromatic carbocycles. The number of rotatable bonds is 6. The molecule has 2 N–H and O–H groups in total. The van der Waals surface area contributed by atoms with Gasteiger partial charge in [-0.05, 0) is 24.3 Å². The lowest BCUT2D eigenvalue weighted by atomic mass is 10.1. The number of methoxy groups -OCH3 is 1. The summed E-state index contributed by atoms with van der Waals surface area (Å²) in [5.74, 6) is -2.09. The SMILES string of the molecule is COc1cc(Cl)ccc1S(=O)(=O)NNC(=O)c1cc(-c2cn(C)cn2)cc(Cl)c1F. The van der Waals surface area contributed by atoms with Crippen LogP contribution in [-0.4, -0.2) is 31.0 Å². The molecule has 12 heteroatoms. The normalized spacial score (nSPS) is 11.4. The number of nitrogens with zero attached hydrogens (tertiary/aromatic N) is 2. The number of carbonyl (C=O) groups excluding carboxylic acids is 1. The number of sulfonamides is 1. The number of ether oxygens (including phenoxy) is 1. The van der Waals surface area contributed by atoms with Crippen LogP contribution in [0.25, 0.3) is 11.3 Å². The molecular weight excluding hydrogens is 458 g/mol. The van der Waals surface area contributed by atoms with E-state index in [9.17, 15) is 17.6 Å². The van der Waals surface area contributed by atoms with Crippen LogP contribution in [-0.2, 0) is 17.1 Å². The van der Waals surface area contributed by atoms with Crippen molar-refractivity contribution in [1.29, 1.82) is 0 Å². The Bertz CT molecular complexity index is 1230. The summed E-state index contributed by atoms with van der Waals surface area (Å²) in [6.07, 6.45) is 3.18. The summed E-state index contributed by atoms with van der Waals surface area (Å²) in [7, 11) is -1.23. The lowest BCUT2D eigenvalue weighted by molar-refractivity contribution is 0.0941. The van der Waals surface area contributed by atoms with Gasteiger partial charge < -0.3 is 9.30 Å². The van der Waals surface area contributed by atoms with Crippen LogP contribution in [0.5, 0.6) is 5.75 Å². The van der Waals surface area contributed by atoms with Gasteiger partial charge in [-0.15, -0.1) is 4.83 Å². The second kappa shape index (κ2) is 8.60. The van der Waals surface area contributed by atoms with Crippen LogP contribution >= 0.6 is 23.2 Å². The number of halogens is 3. The summed E-state index contributed by atoms with van der Waals surface area (Å²) >= 11 is 11.7. The van der Waals surface area contributed by atoms with Gasteiger partial charge in [0, 0.05) is 29.9 Å². The van der Waals surface area contributed by atoms with Crippen LogP contribution in [0.2, 0.25) is 10.0 Å². The molecule has 0 bridgehead atoms. The van der Waals surface area contributed by atoms with Crippen molar-refractivity contribution < 1.29 is 22.3 Å². The van der Waals surface area contributed by atoms with Gasteiger partial charge in [-0.1, -0.05) is 23.2 Å². The van der Waals surface area contributed by atoms with Crippen molar-refractivity contribution in [1.82, 2.24) is 19.8 Å². The molecule has 1 amide bonds. The molecule has 0 saturated carbocycles. The quantitative estimate of drug-likeness (QED) is 0.536. The lowest BCUT2D eigenvalue weighted by Gasteiger charge is -2.13. The zero-order valence-electron chi connectivity index (χ0n) is 15.6. The molecule has 30 heavy (non-hydrogen) atoms. The van der Waals surface area contributed by atoms with Crippen molar-refractivity contribution in [2.24, 2.45) is 7.05 Å². The fourth-order valence-corrected chi connectivity index (χ4v) is 3.94. The third-order valence-corrected chi connectivity index (χ3v) is 5.78. The molecule has 3 aromatic rings. The fraction of sp³-hybridized carbons (Fsp3) is 0.111. The minimum Gasteiger partial charge on any atom is -0.495 e. The van der Waals surface area contributed by atoms with E-state index >= 15 is 0 Å². The Balaban J connectivity index is 1.87. The van der Waals surface area contributed by atoms with E-state index in [2.05, 4.69) is 4.98 Å². The molecule has 1 aromatic heterocycles. The van der Waals surface area contributed by atoms with Crippen LogP contribution in [0.1, 0.15) is 10.4 Å². The number of aryl methyl sites for hydroxylation is 1. The van der Waals surface area contributed by atoms with Gasteiger partial charge in [-0.3, -0.25) is 10.2 Å². The molecule has 0 fully saturated rings. The predicted molar refractivity (Wildman–Crippen MR) is 109 cm³/mol. The Morgan fingerprint density at radius 1 is 1.23 bits per heavy atom. The first-order valence-electron chi connectivity index (χ1n) is 8.25. The van der Waals surface area contributed by atoms with Crippen LogP contribution in [0.15, 0.2) is 47.8 Å². The molecule has 0 aliphatic heterocycles. The topological polar surface area (TPSA) is 102 Å². The van der Waals surface area contributed by atoms with Crippen LogP contribution in [0.4, 0.5) is 4.39 Å². The number of nitrogens with one attached hydrogen (secondary N) is 2. The van der Waals surface area contributed by atoms with E-state index < -0.39 is 27.3 Å². The Hall–Kier alpha value is -2.66. The first kappa shape index (κ1) is 22.0. The van der Waals surface area contributed by atoms with Gasteiger partial charge in [0.25, 0.3) is 15.9 Å². The van der Waals surface area contributed by atoms with E-state index in [0.717, 1.165) is 0 Å². The standard InChI is InChI=1S/C18H15Cl2FN4O4S/c1-25-8-14(22-9-25)10-5-12(17(21)13(20)6-10)18(26)23-24-30(27,28)16-4-3-11(19)7-15(16)29-2/h3-9,24H,1-2H3,(H,23,26). The number of carbonyl (C=O) groups is 1. The van der Waals surface area contributed by atoms with E-state index in [1.165, 1.54) is 43.8 Å². The van der Waals surface area contributed by atoms with Gasteiger partial charge in [0.1, 0.15) is 10.6 Å². The van der Waals surface area contributed by atoms with Crippen molar-refractivity contribution in [3.8, 4) is 17.0 Å². The Morgan fingerprint density at radius 3 is 2.60 bits per heavy atom. The molecule has 0 aliphatic rings. The molecule has 8 nitrogen and oxygen atoms in total. The van der Waals surface area contributed by atoms with E-state index in [4.69, 9.17) is 27.9 Å². The van der Waals surface area contributed by atoms with E-state index in [-0.39, 0.29) is 20.7 Å². The van der Waals surface area contributed by atoms with Crippen molar-refractivity contribution >= 4 is 39.1 Å². The average Bonchev–Trinajstić information content (AvgIpc) is 3.14. The summed E-state index contributed by atoms with van der Waals surface area (Å²) in [5.41, 5.74) is 2.34. The Labute approximate surface area is 181 Å². The minimum absolute atomic E-state index is 0.0318. The van der Waals surface area contributed by atoms with E-state index in [0.29, 0.717) is 11.3 Å².